The first-order chi connectivity index (χ1) is 9.24. The van der Waals surface area contributed by atoms with Crippen LogP contribution in [-0.4, -0.2) is 31.5 Å². The number of sulfonamides is 1. The summed E-state index contributed by atoms with van der Waals surface area (Å²) in [4.78, 5) is 11.3. The summed E-state index contributed by atoms with van der Waals surface area (Å²) in [5.41, 5.74) is -0.709. The van der Waals surface area contributed by atoms with E-state index in [-0.39, 0.29) is 17.2 Å². The lowest BCUT2D eigenvalue weighted by Gasteiger charge is -2.25. The second-order valence-electron chi connectivity index (χ2n) is 4.84. The average Bonchev–Trinajstić information content (AvgIpc) is 2.45. The molecule has 20 heavy (non-hydrogen) atoms. The van der Waals surface area contributed by atoms with E-state index in [2.05, 4.69) is 4.72 Å². The fourth-order valence-electron chi connectivity index (χ4n) is 1.69. The van der Waals surface area contributed by atoms with E-state index in [0.717, 1.165) is 0 Å². The van der Waals surface area contributed by atoms with E-state index in [0.29, 0.717) is 18.4 Å². The van der Waals surface area contributed by atoms with Gasteiger partial charge in [-0.25, -0.2) is 13.1 Å². The third-order valence-electron chi connectivity index (χ3n) is 3.46. The van der Waals surface area contributed by atoms with Gasteiger partial charge < -0.3 is 5.11 Å². The highest BCUT2D eigenvalue weighted by molar-refractivity contribution is 7.89. The molecule has 0 heterocycles. The van der Waals surface area contributed by atoms with Crippen LogP contribution in [0.5, 0.6) is 0 Å². The fourth-order valence-corrected chi connectivity index (χ4v) is 2.86. The molecule has 1 aromatic rings. The van der Waals surface area contributed by atoms with Gasteiger partial charge in [0.05, 0.1) is 10.5 Å². The molecule has 0 aliphatic heterocycles. The number of aliphatic hydroxyl groups is 1. The van der Waals surface area contributed by atoms with Crippen LogP contribution in [0.4, 0.5) is 0 Å². The van der Waals surface area contributed by atoms with Crippen LogP contribution >= 0.6 is 0 Å². The van der Waals surface area contributed by atoms with Gasteiger partial charge in [-0.2, -0.15) is 0 Å². The Morgan fingerprint density at radius 2 is 1.90 bits per heavy atom. The van der Waals surface area contributed by atoms with Crippen LogP contribution in [-0.2, 0) is 10.0 Å². The molecule has 0 fully saturated rings. The van der Waals surface area contributed by atoms with E-state index < -0.39 is 15.6 Å². The third kappa shape index (κ3) is 4.13. The Morgan fingerprint density at radius 1 is 1.30 bits per heavy atom. The van der Waals surface area contributed by atoms with Crippen LogP contribution in [0.1, 0.15) is 44.0 Å². The van der Waals surface area contributed by atoms with Crippen molar-refractivity contribution in [2.75, 3.05) is 6.54 Å². The number of ketones is 1. The topological polar surface area (TPSA) is 83.5 Å². The molecule has 0 atom stereocenters. The Labute approximate surface area is 120 Å². The minimum atomic E-state index is -3.73. The van der Waals surface area contributed by atoms with E-state index >= 15 is 0 Å². The molecule has 0 aromatic heterocycles. The zero-order chi connectivity index (χ0) is 15.4. The summed E-state index contributed by atoms with van der Waals surface area (Å²) in [6.07, 6.45) is 0.916. The molecule has 112 valence electrons. The number of rotatable bonds is 7. The van der Waals surface area contributed by atoms with Crippen LogP contribution in [0.25, 0.3) is 0 Å². The monoisotopic (exact) mass is 299 g/mol. The molecule has 1 rings (SSSR count). The molecule has 0 aliphatic rings. The van der Waals surface area contributed by atoms with Crippen molar-refractivity contribution >= 4 is 15.8 Å². The lowest BCUT2D eigenvalue weighted by molar-refractivity contribution is 0.0377. The highest BCUT2D eigenvalue weighted by Crippen LogP contribution is 2.16. The molecule has 0 amide bonds. The maximum atomic E-state index is 12.2. The Balaban J connectivity index is 2.95. The molecule has 0 spiro atoms. The number of carbonyl (C=O) groups excluding carboxylic acids is 1. The van der Waals surface area contributed by atoms with Crippen molar-refractivity contribution in [3.63, 3.8) is 0 Å². The Bertz CT molecular complexity index is 577. The van der Waals surface area contributed by atoms with Crippen molar-refractivity contribution in [1.29, 1.82) is 0 Å². The Hall–Kier alpha value is -1.24. The van der Waals surface area contributed by atoms with Crippen LogP contribution < -0.4 is 4.72 Å². The maximum absolute atomic E-state index is 12.2. The second kappa shape index (κ2) is 6.47. The maximum Gasteiger partial charge on any atom is 0.240 e. The minimum Gasteiger partial charge on any atom is -0.389 e. The van der Waals surface area contributed by atoms with Crippen LogP contribution in [0.15, 0.2) is 29.2 Å². The van der Waals surface area contributed by atoms with E-state index in [1.807, 2.05) is 0 Å². The van der Waals surface area contributed by atoms with Gasteiger partial charge in [0.2, 0.25) is 10.0 Å². The predicted octanol–water partition coefficient (Wildman–Crippen LogP) is 1.72. The number of benzene rings is 1. The van der Waals surface area contributed by atoms with Crippen molar-refractivity contribution in [2.24, 2.45) is 0 Å². The highest BCUT2D eigenvalue weighted by Gasteiger charge is 2.25. The number of Topliss-reactive ketones (excluding diaryl/α,β-unsaturated/α-hetero) is 1. The molecule has 0 aliphatic carbocycles. The minimum absolute atomic E-state index is 0.0276. The van der Waals surface area contributed by atoms with Crippen molar-refractivity contribution < 1.29 is 18.3 Å². The smallest absolute Gasteiger partial charge is 0.240 e. The standard InChI is InChI=1S/C14H21NO4S/c1-4-14(17,5-2)10-15-20(18,19)13-8-6-7-12(9-13)11(3)16/h6-9,15,17H,4-5,10H2,1-3H3. The van der Waals surface area contributed by atoms with Crippen LogP contribution in [0, 0.1) is 0 Å². The van der Waals surface area contributed by atoms with Crippen molar-refractivity contribution in [1.82, 2.24) is 4.72 Å². The summed E-state index contributed by atoms with van der Waals surface area (Å²) in [5.74, 6) is -0.194. The Morgan fingerprint density at radius 3 is 2.40 bits per heavy atom. The van der Waals surface area contributed by atoms with Gasteiger partial charge in [-0.3, -0.25) is 4.79 Å². The van der Waals surface area contributed by atoms with Crippen molar-refractivity contribution in [2.45, 2.75) is 44.1 Å². The molecular formula is C14H21NO4S. The van der Waals surface area contributed by atoms with E-state index in [1.54, 1.807) is 19.9 Å². The van der Waals surface area contributed by atoms with Gasteiger partial charge in [0.15, 0.2) is 5.78 Å². The summed E-state index contributed by atoms with van der Waals surface area (Å²) in [6, 6.07) is 5.85. The first-order valence-electron chi connectivity index (χ1n) is 6.57. The second-order valence-corrected chi connectivity index (χ2v) is 6.61. The first-order valence-corrected chi connectivity index (χ1v) is 8.05. The molecule has 2 N–H and O–H groups in total. The molecule has 0 unspecified atom stereocenters. The molecular weight excluding hydrogens is 278 g/mol. The lowest BCUT2D eigenvalue weighted by Crippen LogP contribution is -2.41. The van der Waals surface area contributed by atoms with Gasteiger partial charge in [-0.1, -0.05) is 26.0 Å². The molecule has 0 saturated heterocycles. The van der Waals surface area contributed by atoms with E-state index in [9.17, 15) is 18.3 Å². The molecule has 0 bridgehead atoms. The van der Waals surface area contributed by atoms with Gasteiger partial charge in [-0.05, 0) is 31.9 Å². The molecule has 0 saturated carbocycles. The van der Waals surface area contributed by atoms with Crippen molar-refractivity contribution in [3.05, 3.63) is 29.8 Å². The normalized spacial score (nSPS) is 12.4. The average molecular weight is 299 g/mol. The summed E-state index contributed by atoms with van der Waals surface area (Å²) < 4.78 is 26.7. The van der Waals surface area contributed by atoms with Gasteiger partial charge in [0, 0.05) is 12.1 Å². The van der Waals surface area contributed by atoms with Crippen LogP contribution in [0.3, 0.4) is 0 Å². The van der Waals surface area contributed by atoms with Gasteiger partial charge in [0.1, 0.15) is 0 Å². The zero-order valence-electron chi connectivity index (χ0n) is 12.0. The third-order valence-corrected chi connectivity index (χ3v) is 4.86. The quantitative estimate of drug-likeness (QED) is 0.751. The molecule has 1 aromatic carbocycles. The number of hydrogen-bond donors (Lipinski definition) is 2. The number of carbonyl (C=O) groups is 1. The number of hydrogen-bond acceptors (Lipinski definition) is 4. The van der Waals surface area contributed by atoms with Gasteiger partial charge in [0.25, 0.3) is 0 Å². The predicted molar refractivity (Wildman–Crippen MR) is 77.2 cm³/mol. The molecule has 5 nitrogen and oxygen atoms in total. The summed E-state index contributed by atoms with van der Waals surface area (Å²) >= 11 is 0. The van der Waals surface area contributed by atoms with Gasteiger partial charge in [-0.15, -0.1) is 0 Å². The molecule has 0 radical (unpaired) electrons. The SMILES string of the molecule is CCC(O)(CC)CNS(=O)(=O)c1cccc(C(C)=O)c1. The highest BCUT2D eigenvalue weighted by atomic mass is 32.2. The van der Waals surface area contributed by atoms with E-state index in [1.165, 1.54) is 25.1 Å². The fraction of sp³-hybridized carbons (Fsp3) is 0.500. The zero-order valence-corrected chi connectivity index (χ0v) is 12.8. The summed E-state index contributed by atoms with van der Waals surface area (Å²) in [5, 5.41) is 10.1. The van der Waals surface area contributed by atoms with Crippen molar-refractivity contribution in [3.8, 4) is 0 Å². The summed E-state index contributed by atoms with van der Waals surface area (Å²) in [6.45, 7) is 4.93. The first kappa shape index (κ1) is 16.8. The van der Waals surface area contributed by atoms with Gasteiger partial charge >= 0.3 is 0 Å². The lowest BCUT2D eigenvalue weighted by atomic mass is 9.98. The van der Waals surface area contributed by atoms with E-state index in [4.69, 9.17) is 0 Å². The largest absolute Gasteiger partial charge is 0.389 e. The molecule has 6 heteroatoms. The van der Waals surface area contributed by atoms with Crippen LogP contribution in [0.2, 0.25) is 0 Å². The number of nitrogens with one attached hydrogen (secondary N) is 1. The summed E-state index contributed by atoms with van der Waals surface area (Å²) in [7, 11) is -3.73. The Kier molecular flexibility index (Phi) is 5.44.